The molecule has 3 heterocycles. The molecule has 0 saturated carbocycles. The van der Waals surface area contributed by atoms with Crippen LogP contribution in [0.4, 0.5) is 0 Å². The lowest BCUT2D eigenvalue weighted by Gasteiger charge is -2.05. The third-order valence-corrected chi connectivity index (χ3v) is 4.53. The van der Waals surface area contributed by atoms with Gasteiger partial charge in [-0.1, -0.05) is 12.1 Å². The maximum atomic E-state index is 11.8. The highest BCUT2D eigenvalue weighted by Crippen LogP contribution is 2.07. The molecule has 0 fully saturated rings. The van der Waals surface area contributed by atoms with Gasteiger partial charge in [-0.2, -0.15) is 0 Å². The number of hydrogen-bond acceptors (Lipinski definition) is 5. The van der Waals surface area contributed by atoms with Crippen LogP contribution in [0.3, 0.4) is 0 Å². The van der Waals surface area contributed by atoms with E-state index in [0.717, 1.165) is 11.5 Å². The standard InChI is InChI=1S/C17H19N5O2S/c23-16(7-3-9-19-17(24)13-5-4-12-25-13)18-10-8-15-21-20-14-6-1-2-11-22(14)15/h1-2,4-6,11-12H,3,7-10H2,(H,18,23)(H,19,24). The average molecular weight is 357 g/mol. The number of nitrogens with one attached hydrogen (secondary N) is 2. The van der Waals surface area contributed by atoms with Crippen molar-refractivity contribution < 1.29 is 9.59 Å². The van der Waals surface area contributed by atoms with Gasteiger partial charge in [0.2, 0.25) is 5.91 Å². The minimum absolute atomic E-state index is 0.0285. The van der Waals surface area contributed by atoms with Crippen molar-refractivity contribution in [3.8, 4) is 0 Å². The lowest BCUT2D eigenvalue weighted by atomic mass is 10.3. The van der Waals surface area contributed by atoms with E-state index in [1.165, 1.54) is 11.3 Å². The molecule has 0 saturated heterocycles. The zero-order chi connectivity index (χ0) is 17.5. The lowest BCUT2D eigenvalue weighted by molar-refractivity contribution is -0.121. The Morgan fingerprint density at radius 2 is 2.00 bits per heavy atom. The van der Waals surface area contributed by atoms with Gasteiger partial charge in [0.1, 0.15) is 5.82 Å². The summed E-state index contributed by atoms with van der Waals surface area (Å²) in [4.78, 5) is 24.3. The van der Waals surface area contributed by atoms with E-state index in [1.807, 2.05) is 40.2 Å². The number of rotatable bonds is 8. The molecule has 7 nitrogen and oxygen atoms in total. The molecule has 0 aromatic carbocycles. The first kappa shape index (κ1) is 17.1. The first-order valence-corrected chi connectivity index (χ1v) is 8.99. The second kappa shape index (κ2) is 8.39. The molecule has 8 heteroatoms. The molecule has 0 atom stereocenters. The quantitative estimate of drug-likeness (QED) is 0.600. The van der Waals surface area contributed by atoms with E-state index in [4.69, 9.17) is 0 Å². The minimum atomic E-state index is -0.0888. The summed E-state index contributed by atoms with van der Waals surface area (Å²) in [5, 5.41) is 15.7. The minimum Gasteiger partial charge on any atom is -0.356 e. The van der Waals surface area contributed by atoms with Crippen LogP contribution in [0.5, 0.6) is 0 Å². The van der Waals surface area contributed by atoms with Gasteiger partial charge in [0.05, 0.1) is 4.88 Å². The highest BCUT2D eigenvalue weighted by atomic mass is 32.1. The van der Waals surface area contributed by atoms with Crippen LogP contribution in [0.1, 0.15) is 28.3 Å². The Morgan fingerprint density at radius 1 is 1.08 bits per heavy atom. The number of aromatic nitrogens is 3. The lowest BCUT2D eigenvalue weighted by Crippen LogP contribution is -2.28. The molecule has 0 aliphatic carbocycles. The van der Waals surface area contributed by atoms with Crippen molar-refractivity contribution in [1.82, 2.24) is 25.2 Å². The van der Waals surface area contributed by atoms with E-state index in [9.17, 15) is 9.59 Å². The van der Waals surface area contributed by atoms with Crippen LogP contribution in [-0.2, 0) is 11.2 Å². The number of fused-ring (bicyclic) bond motifs is 1. The molecule has 0 spiro atoms. The fourth-order valence-corrected chi connectivity index (χ4v) is 3.05. The summed E-state index contributed by atoms with van der Waals surface area (Å²) in [7, 11) is 0. The Bertz CT molecular complexity index is 844. The predicted octanol–water partition coefficient (Wildman–Crippen LogP) is 1.66. The average Bonchev–Trinajstić information content (AvgIpc) is 3.29. The normalized spacial score (nSPS) is 10.7. The van der Waals surface area contributed by atoms with Gasteiger partial charge in [0, 0.05) is 32.1 Å². The van der Waals surface area contributed by atoms with Gasteiger partial charge in [-0.05, 0) is 30.0 Å². The van der Waals surface area contributed by atoms with Crippen molar-refractivity contribution in [2.45, 2.75) is 19.3 Å². The van der Waals surface area contributed by atoms with Gasteiger partial charge < -0.3 is 10.6 Å². The summed E-state index contributed by atoms with van der Waals surface area (Å²) in [6.07, 6.45) is 3.51. The number of amides is 2. The van der Waals surface area contributed by atoms with Crippen LogP contribution in [-0.4, -0.2) is 39.5 Å². The fourth-order valence-electron chi connectivity index (χ4n) is 2.41. The molecule has 2 N–H and O–H groups in total. The highest BCUT2D eigenvalue weighted by Gasteiger charge is 2.07. The Labute approximate surface area is 149 Å². The SMILES string of the molecule is O=C(CCCNC(=O)c1cccs1)NCCc1nnc2ccccn12. The summed E-state index contributed by atoms with van der Waals surface area (Å²) in [6.45, 7) is 0.995. The molecule has 0 unspecified atom stereocenters. The molecule has 2 amide bonds. The van der Waals surface area contributed by atoms with Gasteiger partial charge in [0.25, 0.3) is 5.91 Å². The van der Waals surface area contributed by atoms with Gasteiger partial charge >= 0.3 is 0 Å². The largest absolute Gasteiger partial charge is 0.356 e. The second-order valence-corrected chi connectivity index (χ2v) is 6.43. The van der Waals surface area contributed by atoms with Crippen LogP contribution >= 0.6 is 11.3 Å². The number of nitrogens with zero attached hydrogens (tertiary/aromatic N) is 3. The monoisotopic (exact) mass is 357 g/mol. The zero-order valence-electron chi connectivity index (χ0n) is 13.6. The first-order valence-electron chi connectivity index (χ1n) is 8.11. The summed E-state index contributed by atoms with van der Waals surface area (Å²) < 4.78 is 1.91. The zero-order valence-corrected chi connectivity index (χ0v) is 14.5. The Balaban J connectivity index is 1.32. The van der Waals surface area contributed by atoms with Crippen LogP contribution in [0.25, 0.3) is 5.65 Å². The maximum Gasteiger partial charge on any atom is 0.261 e. The smallest absolute Gasteiger partial charge is 0.261 e. The van der Waals surface area contributed by atoms with E-state index in [2.05, 4.69) is 20.8 Å². The Kier molecular flexibility index (Phi) is 5.73. The summed E-state index contributed by atoms with van der Waals surface area (Å²) in [5.41, 5.74) is 0.797. The van der Waals surface area contributed by atoms with Crippen molar-refractivity contribution in [1.29, 1.82) is 0 Å². The molecule has 0 bridgehead atoms. The van der Waals surface area contributed by atoms with Crippen molar-refractivity contribution in [3.05, 3.63) is 52.6 Å². The van der Waals surface area contributed by atoms with Crippen molar-refractivity contribution in [2.75, 3.05) is 13.1 Å². The number of hydrogen-bond donors (Lipinski definition) is 2. The summed E-state index contributed by atoms with van der Waals surface area (Å²) in [5.74, 6) is 0.701. The van der Waals surface area contributed by atoms with Gasteiger partial charge in [-0.25, -0.2) is 0 Å². The fraction of sp³-hybridized carbons (Fsp3) is 0.294. The third-order valence-electron chi connectivity index (χ3n) is 3.67. The van der Waals surface area contributed by atoms with Crippen molar-refractivity contribution in [3.63, 3.8) is 0 Å². The number of thiophene rings is 1. The maximum absolute atomic E-state index is 11.8. The molecule has 3 rings (SSSR count). The van der Waals surface area contributed by atoms with Gasteiger partial charge in [-0.15, -0.1) is 21.5 Å². The molecule has 0 aliphatic heterocycles. The second-order valence-electron chi connectivity index (χ2n) is 5.48. The van der Waals surface area contributed by atoms with E-state index in [0.29, 0.717) is 37.2 Å². The Morgan fingerprint density at radius 3 is 2.84 bits per heavy atom. The summed E-state index contributed by atoms with van der Waals surface area (Å²) >= 11 is 1.40. The van der Waals surface area contributed by atoms with E-state index < -0.39 is 0 Å². The number of pyridine rings is 1. The van der Waals surface area contributed by atoms with Crippen LogP contribution < -0.4 is 10.6 Å². The Hall–Kier alpha value is -2.74. The van der Waals surface area contributed by atoms with E-state index >= 15 is 0 Å². The van der Waals surface area contributed by atoms with E-state index in [-0.39, 0.29) is 11.8 Å². The molecule has 0 radical (unpaired) electrons. The van der Waals surface area contributed by atoms with Crippen molar-refractivity contribution in [2.24, 2.45) is 0 Å². The third kappa shape index (κ3) is 4.63. The van der Waals surface area contributed by atoms with Crippen LogP contribution in [0.2, 0.25) is 0 Å². The first-order chi connectivity index (χ1) is 12.2. The molecular formula is C17H19N5O2S. The number of carbonyl (C=O) groups excluding carboxylic acids is 2. The molecule has 3 aromatic rings. The number of carbonyl (C=O) groups is 2. The van der Waals surface area contributed by atoms with Crippen molar-refractivity contribution >= 4 is 28.8 Å². The topological polar surface area (TPSA) is 88.4 Å². The van der Waals surface area contributed by atoms with E-state index in [1.54, 1.807) is 6.07 Å². The molecule has 0 aliphatic rings. The van der Waals surface area contributed by atoms with Gasteiger partial charge in [0.15, 0.2) is 5.65 Å². The molecular weight excluding hydrogens is 338 g/mol. The highest BCUT2D eigenvalue weighted by molar-refractivity contribution is 7.12. The molecule has 130 valence electrons. The van der Waals surface area contributed by atoms with Crippen LogP contribution in [0, 0.1) is 0 Å². The summed E-state index contributed by atoms with van der Waals surface area (Å²) in [6, 6.07) is 9.34. The molecule has 3 aromatic heterocycles. The van der Waals surface area contributed by atoms with Crippen LogP contribution in [0.15, 0.2) is 41.9 Å². The molecule has 25 heavy (non-hydrogen) atoms. The predicted molar refractivity (Wildman–Crippen MR) is 95.6 cm³/mol. The van der Waals surface area contributed by atoms with Gasteiger partial charge in [-0.3, -0.25) is 14.0 Å².